The first-order valence-corrected chi connectivity index (χ1v) is 15.4. The van der Waals surface area contributed by atoms with Gasteiger partial charge in [0.2, 0.25) is 5.91 Å². The van der Waals surface area contributed by atoms with E-state index < -0.39 is 10.0 Å². The third-order valence-corrected chi connectivity index (χ3v) is 9.49. The smallest absolute Gasteiger partial charge is 0.264 e. The zero-order valence-corrected chi connectivity index (χ0v) is 24.4. The van der Waals surface area contributed by atoms with Crippen molar-refractivity contribution in [2.75, 3.05) is 37.0 Å². The average molecular weight is 652 g/mol. The SMILES string of the molecule is O=C(CN(c1ccc(I)cc1)S(=O)(=O)c1ccccc1)N1CCN(C(c2ccccc2)c2ccccc2)CC1. The summed E-state index contributed by atoms with van der Waals surface area (Å²) in [6.07, 6.45) is 0. The van der Waals surface area contributed by atoms with Gasteiger partial charge in [-0.3, -0.25) is 14.0 Å². The van der Waals surface area contributed by atoms with E-state index in [0.29, 0.717) is 31.9 Å². The van der Waals surface area contributed by atoms with E-state index in [0.717, 1.165) is 3.57 Å². The maximum atomic E-state index is 13.6. The van der Waals surface area contributed by atoms with Gasteiger partial charge in [0.25, 0.3) is 10.0 Å². The number of carbonyl (C=O) groups is 1. The van der Waals surface area contributed by atoms with Gasteiger partial charge in [0.1, 0.15) is 6.54 Å². The summed E-state index contributed by atoms with van der Waals surface area (Å²) in [5.74, 6) is -0.205. The van der Waals surface area contributed by atoms with Crippen molar-refractivity contribution in [2.24, 2.45) is 0 Å². The molecule has 0 N–H and O–H groups in total. The van der Waals surface area contributed by atoms with Crippen LogP contribution in [0, 0.1) is 3.57 Å². The molecule has 0 bridgehead atoms. The van der Waals surface area contributed by atoms with E-state index in [1.807, 2.05) is 24.3 Å². The fourth-order valence-corrected chi connectivity index (χ4v) is 6.77. The molecule has 0 radical (unpaired) electrons. The number of sulfonamides is 1. The molecule has 4 aromatic carbocycles. The van der Waals surface area contributed by atoms with E-state index in [4.69, 9.17) is 0 Å². The molecule has 0 aliphatic carbocycles. The van der Waals surface area contributed by atoms with Gasteiger partial charge in [-0.05, 0) is 70.1 Å². The zero-order valence-electron chi connectivity index (χ0n) is 21.4. The van der Waals surface area contributed by atoms with E-state index in [1.54, 1.807) is 47.4 Å². The maximum absolute atomic E-state index is 13.6. The highest BCUT2D eigenvalue weighted by atomic mass is 127. The summed E-state index contributed by atoms with van der Waals surface area (Å²) < 4.78 is 29.5. The van der Waals surface area contributed by atoms with Crippen LogP contribution in [0.4, 0.5) is 5.69 Å². The summed E-state index contributed by atoms with van der Waals surface area (Å²) in [5.41, 5.74) is 2.89. The van der Waals surface area contributed by atoms with Crippen LogP contribution < -0.4 is 4.31 Å². The normalized spacial score (nSPS) is 14.4. The monoisotopic (exact) mass is 651 g/mol. The molecule has 39 heavy (non-hydrogen) atoms. The predicted octanol–water partition coefficient (Wildman–Crippen LogP) is 5.42. The molecule has 0 unspecified atom stereocenters. The Hall–Kier alpha value is -3.21. The lowest BCUT2D eigenvalue weighted by Gasteiger charge is -2.40. The minimum Gasteiger partial charge on any atom is -0.339 e. The molecule has 1 amide bonds. The first-order valence-electron chi connectivity index (χ1n) is 12.9. The summed E-state index contributed by atoms with van der Waals surface area (Å²) in [4.78, 5) is 17.9. The van der Waals surface area contributed by atoms with E-state index in [-0.39, 0.29) is 23.4 Å². The standard InChI is InChI=1S/C31H30IN3O3S/c32-27-16-18-28(19-17-27)35(39(37,38)29-14-8-3-9-15-29)24-30(36)33-20-22-34(23-21-33)31(25-10-4-1-5-11-25)26-12-6-2-7-13-26/h1-19,31H,20-24H2. The summed E-state index contributed by atoms with van der Waals surface area (Å²) in [6, 6.07) is 36.4. The van der Waals surface area contributed by atoms with E-state index >= 15 is 0 Å². The van der Waals surface area contributed by atoms with Crippen LogP contribution in [0.15, 0.2) is 120 Å². The topological polar surface area (TPSA) is 60.9 Å². The highest BCUT2D eigenvalue weighted by Gasteiger charge is 2.32. The third kappa shape index (κ3) is 6.34. The Morgan fingerprint density at radius 2 is 1.21 bits per heavy atom. The fourth-order valence-electron chi connectivity index (χ4n) is 4.98. The van der Waals surface area contributed by atoms with Crippen molar-refractivity contribution in [3.63, 3.8) is 0 Å². The molecule has 0 spiro atoms. The van der Waals surface area contributed by atoms with Gasteiger partial charge in [-0.25, -0.2) is 8.42 Å². The van der Waals surface area contributed by atoms with Crippen LogP contribution in [0.3, 0.4) is 0 Å². The van der Waals surface area contributed by atoms with Crippen molar-refractivity contribution >= 4 is 44.2 Å². The number of nitrogens with zero attached hydrogens (tertiary/aromatic N) is 3. The Kier molecular flexibility index (Phi) is 8.64. The highest BCUT2D eigenvalue weighted by molar-refractivity contribution is 14.1. The van der Waals surface area contributed by atoms with E-state index in [2.05, 4.69) is 76.0 Å². The fraction of sp³-hybridized carbons (Fsp3) is 0.194. The number of carbonyl (C=O) groups excluding carboxylic acids is 1. The molecule has 1 fully saturated rings. The summed E-state index contributed by atoms with van der Waals surface area (Å²) in [6.45, 7) is 2.19. The Morgan fingerprint density at radius 1 is 0.718 bits per heavy atom. The van der Waals surface area contributed by atoms with Crippen LogP contribution in [0.2, 0.25) is 0 Å². The van der Waals surface area contributed by atoms with Crippen LogP contribution in [-0.4, -0.2) is 56.8 Å². The molecule has 1 heterocycles. The number of hydrogen-bond donors (Lipinski definition) is 0. The molecule has 1 aliphatic heterocycles. The molecule has 0 saturated carbocycles. The Balaban J connectivity index is 1.34. The minimum absolute atomic E-state index is 0.0893. The number of benzene rings is 4. The number of rotatable bonds is 8. The van der Waals surface area contributed by atoms with Crippen LogP contribution in [0.1, 0.15) is 17.2 Å². The Morgan fingerprint density at radius 3 is 1.72 bits per heavy atom. The second-order valence-electron chi connectivity index (χ2n) is 9.44. The summed E-state index contributed by atoms with van der Waals surface area (Å²) in [5, 5.41) is 0. The largest absolute Gasteiger partial charge is 0.339 e. The second kappa shape index (κ2) is 12.3. The Labute approximate surface area is 244 Å². The molecule has 0 aromatic heterocycles. The minimum atomic E-state index is -3.92. The van der Waals surface area contributed by atoms with Gasteiger partial charge in [0.05, 0.1) is 16.6 Å². The number of piperazine rings is 1. The number of hydrogen-bond acceptors (Lipinski definition) is 4. The van der Waals surface area contributed by atoms with Crippen molar-refractivity contribution in [1.82, 2.24) is 9.80 Å². The number of anilines is 1. The lowest BCUT2D eigenvalue weighted by molar-refractivity contribution is -0.131. The maximum Gasteiger partial charge on any atom is 0.264 e. The summed E-state index contributed by atoms with van der Waals surface area (Å²) >= 11 is 2.18. The average Bonchev–Trinajstić information content (AvgIpc) is 2.98. The van der Waals surface area contributed by atoms with Gasteiger partial charge in [-0.1, -0.05) is 78.9 Å². The van der Waals surface area contributed by atoms with Crippen molar-refractivity contribution in [1.29, 1.82) is 0 Å². The second-order valence-corrected chi connectivity index (χ2v) is 12.5. The lowest BCUT2D eigenvalue weighted by Crippen LogP contribution is -2.52. The van der Waals surface area contributed by atoms with Gasteiger partial charge >= 0.3 is 0 Å². The van der Waals surface area contributed by atoms with Crippen molar-refractivity contribution in [3.8, 4) is 0 Å². The highest BCUT2D eigenvalue weighted by Crippen LogP contribution is 2.30. The molecule has 6 nitrogen and oxygen atoms in total. The van der Waals surface area contributed by atoms with E-state index in [9.17, 15) is 13.2 Å². The summed E-state index contributed by atoms with van der Waals surface area (Å²) in [7, 11) is -3.92. The lowest BCUT2D eigenvalue weighted by atomic mass is 9.96. The van der Waals surface area contributed by atoms with Crippen molar-refractivity contribution in [3.05, 3.63) is 130 Å². The van der Waals surface area contributed by atoms with Gasteiger partial charge in [0, 0.05) is 29.7 Å². The van der Waals surface area contributed by atoms with Gasteiger partial charge in [0.15, 0.2) is 0 Å². The molecule has 4 aromatic rings. The predicted molar refractivity (Wildman–Crippen MR) is 163 cm³/mol. The van der Waals surface area contributed by atoms with Crippen LogP contribution in [-0.2, 0) is 14.8 Å². The molecule has 1 aliphatic rings. The van der Waals surface area contributed by atoms with Gasteiger partial charge in [-0.2, -0.15) is 0 Å². The molecule has 1 saturated heterocycles. The molecular formula is C31H30IN3O3S. The van der Waals surface area contributed by atoms with Crippen LogP contribution in [0.25, 0.3) is 0 Å². The quantitative estimate of drug-likeness (QED) is 0.239. The molecule has 5 rings (SSSR count). The van der Waals surface area contributed by atoms with Gasteiger partial charge in [-0.15, -0.1) is 0 Å². The first kappa shape index (κ1) is 27.4. The first-order chi connectivity index (χ1) is 18.9. The van der Waals surface area contributed by atoms with Crippen molar-refractivity contribution in [2.45, 2.75) is 10.9 Å². The molecular weight excluding hydrogens is 621 g/mol. The molecule has 8 heteroatoms. The Bertz CT molecular complexity index is 1440. The van der Waals surface area contributed by atoms with E-state index in [1.165, 1.54) is 15.4 Å². The third-order valence-electron chi connectivity index (χ3n) is 6.99. The molecule has 200 valence electrons. The van der Waals surface area contributed by atoms with Gasteiger partial charge < -0.3 is 4.90 Å². The van der Waals surface area contributed by atoms with Crippen LogP contribution >= 0.6 is 22.6 Å². The van der Waals surface area contributed by atoms with Crippen molar-refractivity contribution < 1.29 is 13.2 Å². The van der Waals surface area contributed by atoms with Crippen LogP contribution in [0.5, 0.6) is 0 Å². The zero-order chi connectivity index (χ0) is 27.2. The number of halogens is 1. The number of amides is 1. The molecule has 0 atom stereocenters.